The first-order chi connectivity index (χ1) is 12.5. The van der Waals surface area contributed by atoms with Crippen LogP contribution in [0.15, 0.2) is 53.4 Å². The van der Waals surface area contributed by atoms with Crippen molar-refractivity contribution >= 4 is 35.1 Å². The van der Waals surface area contributed by atoms with Crippen molar-refractivity contribution in [2.75, 3.05) is 17.2 Å². The highest BCUT2D eigenvalue weighted by Crippen LogP contribution is 2.37. The van der Waals surface area contributed by atoms with Crippen LogP contribution in [-0.2, 0) is 16.0 Å². The average Bonchev–Trinajstić information content (AvgIpc) is 3.04. The topological polar surface area (TPSA) is 67.4 Å². The Morgan fingerprint density at radius 1 is 1.12 bits per heavy atom. The first-order valence-corrected chi connectivity index (χ1v) is 9.48. The molecule has 3 rings (SSSR count). The number of nitrogens with one attached hydrogen (secondary N) is 2. The molecule has 136 valence electrons. The Morgan fingerprint density at radius 3 is 2.58 bits per heavy atom. The zero-order valence-electron chi connectivity index (χ0n) is 14.8. The Bertz CT molecular complexity index is 782. The summed E-state index contributed by atoms with van der Waals surface area (Å²) in [7, 11) is 0. The minimum absolute atomic E-state index is 0.0364. The second-order valence-corrected chi connectivity index (χ2v) is 7.85. The van der Waals surface area contributed by atoms with Gasteiger partial charge in [-0.15, -0.1) is 11.8 Å². The normalized spacial score (nSPS) is 15.4. The van der Waals surface area contributed by atoms with Crippen molar-refractivity contribution in [3.05, 3.63) is 54.1 Å². The van der Waals surface area contributed by atoms with Crippen LogP contribution in [0.5, 0.6) is 0 Å². The molecule has 1 aliphatic heterocycles. The van der Waals surface area contributed by atoms with E-state index in [1.807, 2.05) is 32.0 Å². The molecule has 2 N–H and O–H groups in total. The van der Waals surface area contributed by atoms with E-state index in [1.54, 1.807) is 36.0 Å². The lowest BCUT2D eigenvalue weighted by Gasteiger charge is -2.12. The van der Waals surface area contributed by atoms with Crippen molar-refractivity contribution in [2.45, 2.75) is 30.4 Å². The molecule has 26 heavy (non-hydrogen) atoms. The first kappa shape index (κ1) is 18.3. The van der Waals surface area contributed by atoms with Crippen LogP contribution >= 0.6 is 11.8 Å². The molecular formula is C20H22N2O3S. The molecule has 0 saturated carbocycles. The molecule has 1 atom stereocenters. The summed E-state index contributed by atoms with van der Waals surface area (Å²) in [6.45, 7) is 4.31. The van der Waals surface area contributed by atoms with Crippen LogP contribution in [0.1, 0.15) is 19.4 Å². The van der Waals surface area contributed by atoms with Gasteiger partial charge < -0.3 is 10.1 Å². The molecule has 1 aliphatic rings. The van der Waals surface area contributed by atoms with E-state index in [9.17, 15) is 9.59 Å². The number of hydrogen-bond acceptors (Lipinski definition) is 4. The van der Waals surface area contributed by atoms with Crippen molar-refractivity contribution < 1.29 is 14.3 Å². The fraction of sp³-hybridized carbons (Fsp3) is 0.300. The molecule has 5 nitrogen and oxygen atoms in total. The molecule has 0 aromatic heterocycles. The number of rotatable bonds is 5. The number of hydrogen-bond donors (Lipinski definition) is 2. The van der Waals surface area contributed by atoms with Crippen molar-refractivity contribution in [3.8, 4) is 0 Å². The van der Waals surface area contributed by atoms with Crippen molar-refractivity contribution in [1.29, 1.82) is 0 Å². The molecule has 0 spiro atoms. The Morgan fingerprint density at radius 2 is 1.85 bits per heavy atom. The van der Waals surface area contributed by atoms with Gasteiger partial charge in [0.25, 0.3) is 0 Å². The third kappa shape index (κ3) is 4.79. The van der Waals surface area contributed by atoms with Crippen LogP contribution in [0.25, 0.3) is 0 Å². The van der Waals surface area contributed by atoms with Gasteiger partial charge in [0.05, 0.1) is 11.9 Å². The number of amides is 2. The van der Waals surface area contributed by atoms with Crippen LogP contribution in [0.3, 0.4) is 0 Å². The molecule has 0 bridgehead atoms. The minimum atomic E-state index is -0.496. The van der Waals surface area contributed by atoms with Crippen LogP contribution in [0.4, 0.5) is 16.2 Å². The van der Waals surface area contributed by atoms with Gasteiger partial charge in [0, 0.05) is 16.3 Å². The van der Waals surface area contributed by atoms with Crippen LogP contribution in [0, 0.1) is 5.92 Å². The van der Waals surface area contributed by atoms with E-state index in [2.05, 4.69) is 16.7 Å². The highest BCUT2D eigenvalue weighted by atomic mass is 32.2. The Kier molecular flexibility index (Phi) is 5.83. The molecule has 0 aliphatic carbocycles. The van der Waals surface area contributed by atoms with Gasteiger partial charge in [-0.25, -0.2) is 4.79 Å². The molecule has 0 saturated heterocycles. The average molecular weight is 370 g/mol. The highest BCUT2D eigenvalue weighted by Gasteiger charge is 2.28. The third-order valence-corrected chi connectivity index (χ3v) is 5.18. The molecule has 2 aromatic rings. The Balaban J connectivity index is 1.57. The van der Waals surface area contributed by atoms with E-state index in [-0.39, 0.29) is 17.1 Å². The van der Waals surface area contributed by atoms with Crippen molar-refractivity contribution in [1.82, 2.24) is 0 Å². The van der Waals surface area contributed by atoms with Crippen LogP contribution in [0.2, 0.25) is 0 Å². The SMILES string of the molecule is CC(C)COC(=O)Nc1cccc(NC(=O)C2Cc3ccccc3S2)c1. The largest absolute Gasteiger partial charge is 0.449 e. The Labute approximate surface area is 157 Å². The van der Waals surface area contributed by atoms with Gasteiger partial charge in [0.2, 0.25) is 5.91 Å². The molecule has 2 aromatic carbocycles. The van der Waals surface area contributed by atoms with Crippen LogP contribution in [-0.4, -0.2) is 23.9 Å². The fourth-order valence-corrected chi connectivity index (χ4v) is 3.82. The van der Waals surface area contributed by atoms with E-state index < -0.39 is 6.09 Å². The number of benzene rings is 2. The lowest BCUT2D eigenvalue weighted by molar-refractivity contribution is -0.115. The summed E-state index contributed by atoms with van der Waals surface area (Å²) in [6.07, 6.45) is 0.232. The molecule has 1 heterocycles. The number of fused-ring (bicyclic) bond motifs is 1. The number of anilines is 2. The van der Waals surface area contributed by atoms with E-state index in [0.717, 1.165) is 11.3 Å². The number of carbonyl (C=O) groups excluding carboxylic acids is 2. The lowest BCUT2D eigenvalue weighted by Crippen LogP contribution is -2.24. The van der Waals surface area contributed by atoms with Gasteiger partial charge in [-0.05, 0) is 42.2 Å². The lowest BCUT2D eigenvalue weighted by atomic mass is 10.1. The second kappa shape index (κ2) is 8.27. The third-order valence-electron chi connectivity index (χ3n) is 3.86. The van der Waals surface area contributed by atoms with E-state index in [4.69, 9.17) is 4.74 Å². The van der Waals surface area contributed by atoms with Gasteiger partial charge in [-0.3, -0.25) is 10.1 Å². The predicted octanol–water partition coefficient (Wildman–Crippen LogP) is 4.55. The Hall–Kier alpha value is -2.47. The molecule has 1 unspecified atom stereocenters. The van der Waals surface area contributed by atoms with Gasteiger partial charge >= 0.3 is 6.09 Å². The standard InChI is InChI=1S/C20H22N2O3S/c1-13(2)12-25-20(24)22-16-8-5-7-15(11-16)21-19(23)18-10-14-6-3-4-9-17(14)26-18/h3-9,11,13,18H,10,12H2,1-2H3,(H,21,23)(H,22,24). The quantitative estimate of drug-likeness (QED) is 0.810. The monoisotopic (exact) mass is 370 g/mol. The van der Waals surface area contributed by atoms with Crippen LogP contribution < -0.4 is 10.6 Å². The summed E-state index contributed by atoms with van der Waals surface area (Å²) in [5.74, 6) is 0.241. The van der Waals surface area contributed by atoms with Gasteiger partial charge in [-0.1, -0.05) is 38.1 Å². The minimum Gasteiger partial charge on any atom is -0.449 e. The van der Waals surface area contributed by atoms with Gasteiger partial charge in [0.1, 0.15) is 0 Å². The van der Waals surface area contributed by atoms with Crippen molar-refractivity contribution in [2.24, 2.45) is 5.92 Å². The second-order valence-electron chi connectivity index (χ2n) is 6.61. The van der Waals surface area contributed by atoms with E-state index >= 15 is 0 Å². The predicted molar refractivity (Wildman–Crippen MR) is 105 cm³/mol. The van der Waals surface area contributed by atoms with E-state index in [1.165, 1.54) is 5.56 Å². The molecule has 0 radical (unpaired) electrons. The summed E-state index contributed by atoms with van der Waals surface area (Å²) < 4.78 is 5.10. The zero-order valence-corrected chi connectivity index (χ0v) is 15.6. The molecule has 2 amide bonds. The maximum atomic E-state index is 12.6. The fourth-order valence-electron chi connectivity index (χ4n) is 2.62. The summed E-state index contributed by atoms with van der Waals surface area (Å²) in [5, 5.41) is 5.47. The van der Waals surface area contributed by atoms with Gasteiger partial charge in [-0.2, -0.15) is 0 Å². The first-order valence-electron chi connectivity index (χ1n) is 8.60. The summed E-state index contributed by atoms with van der Waals surface area (Å²) >= 11 is 1.59. The number of carbonyl (C=O) groups is 2. The van der Waals surface area contributed by atoms with E-state index in [0.29, 0.717) is 18.0 Å². The summed E-state index contributed by atoms with van der Waals surface area (Å²) in [6, 6.07) is 15.1. The zero-order chi connectivity index (χ0) is 18.5. The smallest absolute Gasteiger partial charge is 0.411 e. The summed E-state index contributed by atoms with van der Waals surface area (Å²) in [4.78, 5) is 25.5. The number of thioether (sulfide) groups is 1. The number of ether oxygens (including phenoxy) is 1. The molecule has 6 heteroatoms. The maximum absolute atomic E-state index is 12.6. The maximum Gasteiger partial charge on any atom is 0.411 e. The van der Waals surface area contributed by atoms with Gasteiger partial charge in [0.15, 0.2) is 0 Å². The molecule has 0 fully saturated rings. The molecular weight excluding hydrogens is 348 g/mol. The van der Waals surface area contributed by atoms with Crippen molar-refractivity contribution in [3.63, 3.8) is 0 Å². The summed E-state index contributed by atoms with van der Waals surface area (Å²) in [5.41, 5.74) is 2.44. The highest BCUT2D eigenvalue weighted by molar-refractivity contribution is 8.01.